The zero-order chi connectivity index (χ0) is 30.5. The summed E-state index contributed by atoms with van der Waals surface area (Å²) in [5, 5.41) is 15.7. The van der Waals surface area contributed by atoms with E-state index in [4.69, 9.17) is 0 Å². The van der Waals surface area contributed by atoms with Gasteiger partial charge in [-0.25, -0.2) is 0 Å². The topological polar surface area (TPSA) is 48.1 Å². The summed E-state index contributed by atoms with van der Waals surface area (Å²) in [4.78, 5) is 0. The molecule has 8 bridgehead atoms. The van der Waals surface area contributed by atoms with E-state index in [2.05, 4.69) is 63.4 Å². The third-order valence-electron chi connectivity index (χ3n) is 15.2. The summed E-state index contributed by atoms with van der Waals surface area (Å²) < 4.78 is 0. The van der Waals surface area contributed by atoms with Gasteiger partial charge in [0.05, 0.1) is 0 Å². The molecule has 8 saturated carbocycles. The van der Waals surface area contributed by atoms with Crippen molar-refractivity contribution in [2.45, 2.75) is 114 Å². The van der Waals surface area contributed by atoms with Crippen LogP contribution in [0.1, 0.15) is 85.0 Å². The summed E-state index contributed by atoms with van der Waals surface area (Å²) in [6, 6.07) is 0.853. The van der Waals surface area contributed by atoms with Crippen molar-refractivity contribution >= 4 is 17.2 Å². The molecule has 10 fully saturated rings. The molecule has 250 valence electrons. The Hall–Kier alpha value is 0.180. The Kier molecular flexibility index (Phi) is 8.25. The standard InChI is InChI=1S/C39H64N4P2/c1-38(2,3)32-18-31(33(19-32)39(44,34-20-40-4-6-42-34)35-21-41-5-7-43-35)22-45(36-27-10-23-8-24(12-27)13-28(36)11-23)37-29-14-25-9-26(16-29)17-30(37)15-25/h18-19,23-30,32,34-37,40-43H,4-17,20-22,44H2,1-3H3. The highest BCUT2D eigenvalue weighted by Gasteiger charge is 2.58. The fourth-order valence-electron chi connectivity index (χ4n) is 13.8. The monoisotopic (exact) mass is 650 g/mol. The van der Waals surface area contributed by atoms with Crippen molar-refractivity contribution in [1.82, 2.24) is 21.3 Å². The van der Waals surface area contributed by atoms with Crippen molar-refractivity contribution < 1.29 is 0 Å². The maximum absolute atomic E-state index is 4.06. The van der Waals surface area contributed by atoms with Crippen LogP contribution in [0, 0.1) is 58.7 Å². The summed E-state index contributed by atoms with van der Waals surface area (Å²) in [6.07, 6.45) is 23.0. The first-order chi connectivity index (χ1) is 21.7. The van der Waals surface area contributed by atoms with Crippen LogP contribution in [0.15, 0.2) is 23.3 Å². The molecule has 6 heteroatoms. The highest BCUT2D eigenvalue weighted by atomic mass is 31.1. The summed E-state index contributed by atoms with van der Waals surface area (Å²) in [6.45, 7) is 13.9. The van der Waals surface area contributed by atoms with Gasteiger partial charge in [0, 0.05) is 62.4 Å². The van der Waals surface area contributed by atoms with Gasteiger partial charge in [0.25, 0.3) is 0 Å². The van der Waals surface area contributed by atoms with E-state index in [1.54, 1.807) is 75.4 Å². The van der Waals surface area contributed by atoms with Crippen LogP contribution in [-0.4, -0.2) is 74.0 Å². The third kappa shape index (κ3) is 5.44. The Labute approximate surface area is 278 Å². The van der Waals surface area contributed by atoms with E-state index in [1.165, 1.54) is 6.16 Å². The van der Waals surface area contributed by atoms with Gasteiger partial charge >= 0.3 is 0 Å². The van der Waals surface area contributed by atoms with Crippen LogP contribution in [0.25, 0.3) is 0 Å². The van der Waals surface area contributed by atoms with Crippen molar-refractivity contribution in [3.63, 3.8) is 0 Å². The quantitative estimate of drug-likeness (QED) is 0.242. The molecule has 0 aromatic carbocycles. The van der Waals surface area contributed by atoms with Gasteiger partial charge in [-0.15, -0.1) is 9.24 Å². The molecule has 0 aromatic rings. The molecule has 0 spiro atoms. The van der Waals surface area contributed by atoms with E-state index in [-0.39, 0.29) is 18.5 Å². The van der Waals surface area contributed by atoms with E-state index in [0.29, 0.717) is 18.0 Å². The van der Waals surface area contributed by atoms with Crippen LogP contribution in [0.3, 0.4) is 0 Å². The normalized spacial score (nSPS) is 49.1. The molecule has 4 nitrogen and oxygen atoms in total. The van der Waals surface area contributed by atoms with Crippen LogP contribution >= 0.6 is 17.2 Å². The van der Waals surface area contributed by atoms with Gasteiger partial charge in [0.1, 0.15) is 0 Å². The molecule has 4 atom stereocenters. The Balaban J connectivity index is 1.11. The van der Waals surface area contributed by atoms with Crippen molar-refractivity contribution in [2.24, 2.45) is 58.7 Å². The lowest BCUT2D eigenvalue weighted by Gasteiger charge is -2.62. The molecule has 2 saturated heterocycles. The molecule has 0 aromatic heterocycles. The highest BCUT2D eigenvalue weighted by molar-refractivity contribution is 7.59. The molecule has 0 radical (unpaired) electrons. The average molecular weight is 651 g/mol. The van der Waals surface area contributed by atoms with E-state index in [0.717, 1.165) is 97.9 Å². The predicted molar refractivity (Wildman–Crippen MR) is 194 cm³/mol. The lowest BCUT2D eigenvalue weighted by atomic mass is 9.55. The average Bonchev–Trinajstić information content (AvgIpc) is 3.46. The molecular weight excluding hydrogens is 586 g/mol. The Morgan fingerprint density at radius 2 is 1.09 bits per heavy atom. The minimum atomic E-state index is -0.0255. The van der Waals surface area contributed by atoms with E-state index >= 15 is 0 Å². The molecule has 9 aliphatic carbocycles. The zero-order valence-electron chi connectivity index (χ0n) is 28.7. The Morgan fingerprint density at radius 3 is 1.47 bits per heavy atom. The maximum Gasteiger partial charge on any atom is 0.0426 e. The van der Waals surface area contributed by atoms with Crippen LogP contribution in [0.2, 0.25) is 0 Å². The van der Waals surface area contributed by atoms with E-state index in [9.17, 15) is 0 Å². The van der Waals surface area contributed by atoms with Gasteiger partial charge in [0.2, 0.25) is 0 Å². The molecule has 11 aliphatic rings. The van der Waals surface area contributed by atoms with Crippen molar-refractivity contribution in [3.05, 3.63) is 23.3 Å². The van der Waals surface area contributed by atoms with Crippen LogP contribution < -0.4 is 21.3 Å². The Bertz CT molecular complexity index is 1060. The van der Waals surface area contributed by atoms with Gasteiger partial charge < -0.3 is 21.3 Å². The number of piperazine rings is 2. The zero-order valence-corrected chi connectivity index (χ0v) is 30.8. The molecule has 2 heterocycles. The van der Waals surface area contributed by atoms with E-state index in [1.807, 2.05) is 0 Å². The van der Waals surface area contributed by atoms with Crippen LogP contribution in [0.4, 0.5) is 0 Å². The van der Waals surface area contributed by atoms with E-state index < -0.39 is 0 Å². The first-order valence-corrected chi connectivity index (χ1v) is 21.8. The maximum atomic E-state index is 4.06. The molecule has 11 rings (SSSR count). The first kappa shape index (κ1) is 31.2. The van der Waals surface area contributed by atoms with Gasteiger partial charge in [0.15, 0.2) is 0 Å². The fourth-order valence-corrected chi connectivity index (χ4v) is 19.2. The molecule has 45 heavy (non-hydrogen) atoms. The van der Waals surface area contributed by atoms with Crippen LogP contribution in [-0.2, 0) is 0 Å². The second-order valence-electron chi connectivity index (χ2n) is 19.0. The SMILES string of the molecule is CC(C)(C)C1C=C(CP(C2C3CC4CC(C3)CC2C4)C2C3CC4CC(C3)CC2C4)C(C(P)(C2CNCCN2)C2CNCCN2)=C1. The summed E-state index contributed by atoms with van der Waals surface area (Å²) in [5.74, 6) is 9.11. The lowest BCUT2D eigenvalue weighted by Crippen LogP contribution is -2.69. The van der Waals surface area contributed by atoms with Crippen LogP contribution in [0.5, 0.6) is 0 Å². The molecule has 4 N–H and O–H groups in total. The largest absolute Gasteiger partial charge is 0.314 e. The number of hydrogen-bond acceptors (Lipinski definition) is 4. The number of nitrogens with one attached hydrogen (secondary N) is 4. The molecular formula is C39H64N4P2. The number of allylic oxidation sites excluding steroid dienone is 3. The van der Waals surface area contributed by atoms with Gasteiger partial charge in [-0.2, -0.15) is 0 Å². The van der Waals surface area contributed by atoms with Crippen molar-refractivity contribution in [1.29, 1.82) is 0 Å². The first-order valence-electron chi connectivity index (χ1n) is 19.6. The molecule has 4 unspecified atom stereocenters. The summed E-state index contributed by atoms with van der Waals surface area (Å²) in [7, 11) is 3.53. The van der Waals surface area contributed by atoms with Crippen molar-refractivity contribution in [3.8, 4) is 0 Å². The smallest absolute Gasteiger partial charge is 0.0426 e. The minimum absolute atomic E-state index is 0.0121. The van der Waals surface area contributed by atoms with Gasteiger partial charge in [-0.05, 0) is 146 Å². The second-order valence-corrected chi connectivity index (χ2v) is 22.5. The van der Waals surface area contributed by atoms with Gasteiger partial charge in [-0.3, -0.25) is 0 Å². The fraction of sp³-hybridized carbons (Fsp3) is 0.897. The molecule has 0 amide bonds. The highest BCUT2D eigenvalue weighted by Crippen LogP contribution is 2.72. The minimum Gasteiger partial charge on any atom is -0.314 e. The lowest BCUT2D eigenvalue weighted by molar-refractivity contribution is 0.0131. The number of rotatable bonds is 7. The van der Waals surface area contributed by atoms with Crippen molar-refractivity contribution in [2.75, 3.05) is 45.4 Å². The second kappa shape index (κ2) is 11.9. The number of hydrogen-bond donors (Lipinski definition) is 4. The summed E-state index contributed by atoms with van der Waals surface area (Å²) in [5.41, 5.74) is 5.90. The predicted octanol–water partition coefficient (Wildman–Crippen LogP) is 6.38. The molecule has 2 aliphatic heterocycles. The van der Waals surface area contributed by atoms with Gasteiger partial charge in [-0.1, -0.05) is 40.8 Å². The Morgan fingerprint density at radius 1 is 0.644 bits per heavy atom. The summed E-state index contributed by atoms with van der Waals surface area (Å²) >= 11 is 0. The third-order valence-corrected chi connectivity index (χ3v) is 20.3.